The summed E-state index contributed by atoms with van der Waals surface area (Å²) in [5.74, 6) is -0.0792. The van der Waals surface area contributed by atoms with Gasteiger partial charge in [-0.1, -0.05) is 24.3 Å². The largest absolute Gasteiger partial charge is 0.423 e. The molecule has 0 fully saturated rings. The number of aliphatic hydroxyl groups is 2. The summed E-state index contributed by atoms with van der Waals surface area (Å²) in [5.41, 5.74) is 1.92. The van der Waals surface area contributed by atoms with Crippen LogP contribution in [0, 0.1) is 0 Å². The fraction of sp³-hybridized carbons (Fsp3) is 0.188. The molecule has 0 aliphatic carbocycles. The Labute approximate surface area is 117 Å². The Bertz CT molecular complexity index is 578. The molecule has 2 aromatic carbocycles. The number of hydrogen-bond donors (Lipinski definition) is 2. The minimum Gasteiger partial charge on any atom is -0.423 e. The van der Waals surface area contributed by atoms with Crippen LogP contribution in [0.1, 0.15) is 21.5 Å². The maximum atomic E-state index is 11.9. The lowest BCUT2D eigenvalue weighted by molar-refractivity contribution is 0.0734. The quantitative estimate of drug-likeness (QED) is 0.644. The van der Waals surface area contributed by atoms with Gasteiger partial charge in [0.25, 0.3) is 0 Å². The van der Waals surface area contributed by atoms with Crippen molar-refractivity contribution in [1.82, 2.24) is 0 Å². The zero-order chi connectivity index (χ0) is 14.4. The van der Waals surface area contributed by atoms with Crippen LogP contribution in [0.2, 0.25) is 0 Å². The molecular formula is C16H16O4. The first-order valence-electron chi connectivity index (χ1n) is 6.34. The first kappa shape index (κ1) is 14.2. The van der Waals surface area contributed by atoms with Gasteiger partial charge >= 0.3 is 5.97 Å². The van der Waals surface area contributed by atoms with Gasteiger partial charge in [0.2, 0.25) is 0 Å². The van der Waals surface area contributed by atoms with Crippen LogP contribution in [0.5, 0.6) is 5.75 Å². The number of rotatable bonds is 5. The second kappa shape index (κ2) is 6.84. The van der Waals surface area contributed by atoms with Gasteiger partial charge in [-0.05, 0) is 41.8 Å². The van der Waals surface area contributed by atoms with Gasteiger partial charge in [0.1, 0.15) is 5.75 Å². The van der Waals surface area contributed by atoms with Gasteiger partial charge in [0, 0.05) is 6.61 Å². The number of benzene rings is 2. The average molecular weight is 272 g/mol. The molecule has 20 heavy (non-hydrogen) atoms. The van der Waals surface area contributed by atoms with Gasteiger partial charge in [-0.25, -0.2) is 4.79 Å². The van der Waals surface area contributed by atoms with Crippen LogP contribution >= 0.6 is 0 Å². The van der Waals surface area contributed by atoms with E-state index in [-0.39, 0.29) is 13.2 Å². The summed E-state index contributed by atoms with van der Waals surface area (Å²) in [7, 11) is 0. The lowest BCUT2D eigenvalue weighted by Crippen LogP contribution is -2.09. The number of aliphatic hydroxyl groups excluding tert-OH is 2. The number of carbonyl (C=O) groups excluding carboxylic acids is 1. The summed E-state index contributed by atoms with van der Waals surface area (Å²) >= 11 is 0. The average Bonchev–Trinajstić information content (AvgIpc) is 2.48. The maximum Gasteiger partial charge on any atom is 0.343 e. The van der Waals surface area contributed by atoms with Gasteiger partial charge in [0.05, 0.1) is 12.2 Å². The lowest BCUT2D eigenvalue weighted by atomic mass is 10.1. The number of hydrogen-bond acceptors (Lipinski definition) is 4. The number of ether oxygens (including phenoxy) is 1. The Hall–Kier alpha value is -2.17. The molecule has 0 saturated heterocycles. The van der Waals surface area contributed by atoms with Gasteiger partial charge in [0.15, 0.2) is 0 Å². The summed E-state index contributed by atoms with van der Waals surface area (Å²) in [6.45, 7) is -0.143. The smallest absolute Gasteiger partial charge is 0.343 e. The highest BCUT2D eigenvalue weighted by atomic mass is 16.5. The van der Waals surface area contributed by atoms with E-state index in [2.05, 4.69) is 0 Å². The summed E-state index contributed by atoms with van der Waals surface area (Å²) in [5, 5.41) is 18.2. The second-order valence-electron chi connectivity index (χ2n) is 4.37. The normalized spacial score (nSPS) is 10.3. The van der Waals surface area contributed by atoms with E-state index in [1.807, 2.05) is 6.07 Å². The zero-order valence-corrected chi connectivity index (χ0v) is 11.0. The van der Waals surface area contributed by atoms with Gasteiger partial charge in [-0.3, -0.25) is 0 Å². The van der Waals surface area contributed by atoms with Gasteiger partial charge < -0.3 is 14.9 Å². The molecule has 0 atom stereocenters. The van der Waals surface area contributed by atoms with E-state index >= 15 is 0 Å². The van der Waals surface area contributed by atoms with Crippen molar-refractivity contribution in [2.45, 2.75) is 13.0 Å². The molecule has 0 amide bonds. The third kappa shape index (κ3) is 3.66. The Morgan fingerprint density at radius 2 is 1.70 bits per heavy atom. The molecule has 0 bridgehead atoms. The minimum absolute atomic E-state index is 0.000946. The molecule has 0 spiro atoms. The van der Waals surface area contributed by atoms with E-state index in [1.165, 1.54) is 0 Å². The predicted molar refractivity (Wildman–Crippen MR) is 74.6 cm³/mol. The van der Waals surface area contributed by atoms with Crippen LogP contribution in [0.15, 0.2) is 48.5 Å². The summed E-state index contributed by atoms with van der Waals surface area (Å²) in [4.78, 5) is 11.9. The molecular weight excluding hydrogens is 256 g/mol. The van der Waals surface area contributed by atoms with Crippen LogP contribution in [0.4, 0.5) is 0 Å². The van der Waals surface area contributed by atoms with Crippen molar-refractivity contribution in [2.75, 3.05) is 6.61 Å². The van der Waals surface area contributed by atoms with Crippen LogP contribution < -0.4 is 4.74 Å². The van der Waals surface area contributed by atoms with Crippen LogP contribution in [0.3, 0.4) is 0 Å². The Morgan fingerprint density at radius 3 is 2.35 bits per heavy atom. The maximum absolute atomic E-state index is 11.9. The molecule has 0 aromatic heterocycles. The highest BCUT2D eigenvalue weighted by molar-refractivity contribution is 5.91. The third-order valence-electron chi connectivity index (χ3n) is 2.83. The zero-order valence-electron chi connectivity index (χ0n) is 11.0. The summed E-state index contributed by atoms with van der Waals surface area (Å²) in [6, 6.07) is 13.8. The van der Waals surface area contributed by atoms with E-state index in [1.54, 1.807) is 42.5 Å². The first-order chi connectivity index (χ1) is 9.72. The van der Waals surface area contributed by atoms with Crippen molar-refractivity contribution >= 4 is 5.97 Å². The molecule has 4 heteroatoms. The van der Waals surface area contributed by atoms with Crippen molar-refractivity contribution in [2.24, 2.45) is 0 Å². The Kier molecular flexibility index (Phi) is 4.87. The third-order valence-corrected chi connectivity index (χ3v) is 2.83. The molecule has 2 aromatic rings. The minimum atomic E-state index is -0.448. The molecule has 2 rings (SSSR count). The first-order valence-corrected chi connectivity index (χ1v) is 6.34. The molecule has 0 radical (unpaired) electrons. The fourth-order valence-electron chi connectivity index (χ4n) is 1.89. The van der Waals surface area contributed by atoms with Crippen molar-refractivity contribution < 1.29 is 19.7 Å². The number of esters is 1. The van der Waals surface area contributed by atoms with E-state index in [4.69, 9.17) is 9.84 Å². The van der Waals surface area contributed by atoms with E-state index in [0.29, 0.717) is 23.3 Å². The van der Waals surface area contributed by atoms with E-state index in [9.17, 15) is 9.90 Å². The second-order valence-corrected chi connectivity index (χ2v) is 4.37. The topological polar surface area (TPSA) is 66.8 Å². The summed E-state index contributed by atoms with van der Waals surface area (Å²) in [6.07, 6.45) is 0.448. The van der Waals surface area contributed by atoms with Crippen LogP contribution in [-0.2, 0) is 13.0 Å². The molecule has 0 aliphatic heterocycles. The lowest BCUT2D eigenvalue weighted by Gasteiger charge is -2.08. The monoisotopic (exact) mass is 272 g/mol. The van der Waals surface area contributed by atoms with Crippen LogP contribution in [0.25, 0.3) is 0 Å². The van der Waals surface area contributed by atoms with Crippen LogP contribution in [-0.4, -0.2) is 22.8 Å². The molecule has 0 aliphatic rings. The highest BCUT2D eigenvalue weighted by Gasteiger charge is 2.09. The Balaban J connectivity index is 2.20. The molecule has 0 saturated carbocycles. The number of carbonyl (C=O) groups is 1. The van der Waals surface area contributed by atoms with Crippen molar-refractivity contribution in [1.29, 1.82) is 0 Å². The van der Waals surface area contributed by atoms with E-state index in [0.717, 1.165) is 5.56 Å². The molecule has 0 unspecified atom stereocenters. The van der Waals surface area contributed by atoms with Gasteiger partial charge in [-0.2, -0.15) is 0 Å². The fourth-order valence-corrected chi connectivity index (χ4v) is 1.89. The molecule has 4 nitrogen and oxygen atoms in total. The van der Waals surface area contributed by atoms with Crippen molar-refractivity contribution in [3.63, 3.8) is 0 Å². The predicted octanol–water partition coefficient (Wildman–Crippen LogP) is 1.93. The van der Waals surface area contributed by atoms with Crippen molar-refractivity contribution in [3.8, 4) is 5.75 Å². The van der Waals surface area contributed by atoms with Gasteiger partial charge in [-0.15, -0.1) is 0 Å². The van der Waals surface area contributed by atoms with Crippen molar-refractivity contribution in [3.05, 3.63) is 65.2 Å². The standard InChI is InChI=1S/C16H16O4/c17-7-6-12-8-13(11-18)10-15(9-12)20-16(19)14-4-2-1-3-5-14/h1-5,8-10,17-18H,6-7,11H2. The highest BCUT2D eigenvalue weighted by Crippen LogP contribution is 2.19. The van der Waals surface area contributed by atoms with E-state index < -0.39 is 5.97 Å². The SMILES string of the molecule is O=C(Oc1cc(CO)cc(CCO)c1)c1ccccc1. The molecule has 104 valence electrons. The Morgan fingerprint density at radius 1 is 1.00 bits per heavy atom. The summed E-state index contributed by atoms with van der Waals surface area (Å²) < 4.78 is 5.30. The molecule has 2 N–H and O–H groups in total. The molecule has 0 heterocycles.